The summed E-state index contributed by atoms with van der Waals surface area (Å²) in [6.07, 6.45) is 41.7. The van der Waals surface area contributed by atoms with Crippen LogP contribution in [0.3, 0.4) is 0 Å². The van der Waals surface area contributed by atoms with Gasteiger partial charge < -0.3 is 33.8 Å². The number of rotatable bonds is 67. The number of aliphatic hydroxyl groups is 1. The third-order valence-corrected chi connectivity index (χ3v) is 18.3. The zero-order valence-electron chi connectivity index (χ0n) is 58.1. The molecule has 0 radical (unpaired) electrons. The molecule has 0 rings (SSSR count). The van der Waals surface area contributed by atoms with Crippen LogP contribution in [0.15, 0.2) is 0 Å². The van der Waals surface area contributed by atoms with Gasteiger partial charge in [0.15, 0.2) is 12.2 Å². The zero-order chi connectivity index (χ0) is 66.1. The molecule has 89 heavy (non-hydrogen) atoms. The highest BCUT2D eigenvalue weighted by atomic mass is 31.2. The minimum atomic E-state index is -4.95. The number of hydrogen-bond acceptors (Lipinski definition) is 15. The number of unbranched alkanes of at least 4 members (excludes halogenated alkanes) is 32. The molecule has 0 amide bonds. The van der Waals surface area contributed by atoms with Gasteiger partial charge in [-0.25, -0.2) is 9.13 Å². The van der Waals surface area contributed by atoms with Gasteiger partial charge in [0, 0.05) is 25.7 Å². The van der Waals surface area contributed by atoms with Gasteiger partial charge in [0.25, 0.3) is 0 Å². The van der Waals surface area contributed by atoms with Crippen LogP contribution in [0.5, 0.6) is 0 Å². The van der Waals surface area contributed by atoms with Crippen LogP contribution < -0.4 is 0 Å². The Balaban J connectivity index is 5.25. The van der Waals surface area contributed by atoms with Crippen molar-refractivity contribution in [3.05, 3.63) is 0 Å². The standard InChI is InChI=1S/C70H136O17P2/c1-9-63(8)49-41-33-28-29-35-43-51-68(73)81-57-66(87-69(74)52-44-36-26-18-14-12-10-11-13-16-22-30-38-46-60(2)3)59-85-89(78,79)83-55-64(71)54-82-88(76,77)84-58-65(56-80-67(72)50-42-34-25-21-20-24-32-40-48-62(6)7)86-70(75)53-45-37-27-19-15-17-23-31-39-47-61(4)5/h60-66,71H,9-59H2,1-8H3,(H,76,77)(H,78,79)/t63?,64-,65-,66-/m1/s1. The Kier molecular flexibility index (Phi) is 58.5. The molecule has 0 aliphatic carbocycles. The molecule has 0 aromatic heterocycles. The van der Waals surface area contributed by atoms with E-state index in [0.717, 1.165) is 120 Å². The molecule has 3 N–H and O–H groups in total. The van der Waals surface area contributed by atoms with E-state index in [-0.39, 0.29) is 25.7 Å². The van der Waals surface area contributed by atoms with Crippen molar-refractivity contribution >= 4 is 39.5 Å². The fourth-order valence-corrected chi connectivity index (χ4v) is 12.0. The number of ether oxygens (including phenoxy) is 4. The fraction of sp³-hybridized carbons (Fsp3) is 0.943. The van der Waals surface area contributed by atoms with E-state index in [0.29, 0.717) is 25.7 Å². The molecule has 19 heteroatoms. The SMILES string of the molecule is CCC(C)CCCCCCCCC(=O)OC[C@H](COP(=O)(O)OC[C@H](O)COP(=O)(O)OC[C@@H](COC(=O)CCCCCCCCCCC(C)C)OC(=O)CCCCCCCCCCCC(C)C)OC(=O)CCCCCCCCCCCCCCCC(C)C. The molecule has 0 spiro atoms. The molecule has 0 aliphatic rings. The topological polar surface area (TPSA) is 237 Å². The van der Waals surface area contributed by atoms with Gasteiger partial charge in [-0.1, -0.05) is 293 Å². The largest absolute Gasteiger partial charge is 0.472 e. The first-order chi connectivity index (χ1) is 42.6. The van der Waals surface area contributed by atoms with E-state index in [4.69, 9.17) is 37.0 Å². The molecule has 0 bridgehead atoms. The molecular weight excluding hydrogens is 1170 g/mol. The van der Waals surface area contributed by atoms with Gasteiger partial charge in [0.2, 0.25) is 0 Å². The zero-order valence-corrected chi connectivity index (χ0v) is 59.8. The molecule has 0 saturated heterocycles. The highest BCUT2D eigenvalue weighted by molar-refractivity contribution is 7.47. The van der Waals surface area contributed by atoms with Gasteiger partial charge in [-0.05, 0) is 49.4 Å². The monoisotopic (exact) mass is 1310 g/mol. The molecule has 3 unspecified atom stereocenters. The lowest BCUT2D eigenvalue weighted by Crippen LogP contribution is -2.30. The Bertz CT molecular complexity index is 1770. The highest BCUT2D eigenvalue weighted by Crippen LogP contribution is 2.45. The lowest BCUT2D eigenvalue weighted by molar-refractivity contribution is -0.161. The summed E-state index contributed by atoms with van der Waals surface area (Å²) in [6.45, 7) is 14.1. The maximum absolute atomic E-state index is 13.0. The lowest BCUT2D eigenvalue weighted by Gasteiger charge is -2.21. The first-order valence-electron chi connectivity index (χ1n) is 36.2. The molecule has 0 saturated carbocycles. The van der Waals surface area contributed by atoms with E-state index in [9.17, 15) is 43.2 Å². The summed E-state index contributed by atoms with van der Waals surface area (Å²) in [5.41, 5.74) is 0. The second-order valence-corrected chi connectivity index (χ2v) is 29.8. The van der Waals surface area contributed by atoms with Crippen molar-refractivity contribution in [2.75, 3.05) is 39.6 Å². The minimum absolute atomic E-state index is 0.104. The molecule has 6 atom stereocenters. The van der Waals surface area contributed by atoms with Crippen molar-refractivity contribution in [1.82, 2.24) is 0 Å². The van der Waals surface area contributed by atoms with Crippen molar-refractivity contribution in [3.8, 4) is 0 Å². The number of carbonyl (C=O) groups is 4. The average molecular weight is 1310 g/mol. The van der Waals surface area contributed by atoms with Crippen LogP contribution in [0.4, 0.5) is 0 Å². The molecule has 0 aromatic carbocycles. The number of phosphoric ester groups is 2. The smallest absolute Gasteiger partial charge is 0.462 e. The van der Waals surface area contributed by atoms with Crippen LogP contribution in [0, 0.1) is 23.7 Å². The van der Waals surface area contributed by atoms with E-state index < -0.39 is 97.5 Å². The van der Waals surface area contributed by atoms with Crippen LogP contribution in [-0.2, 0) is 65.4 Å². The summed E-state index contributed by atoms with van der Waals surface area (Å²) < 4.78 is 68.3. The van der Waals surface area contributed by atoms with Crippen LogP contribution in [0.25, 0.3) is 0 Å². The van der Waals surface area contributed by atoms with Crippen LogP contribution in [0.1, 0.15) is 344 Å². The molecule has 0 heterocycles. The minimum Gasteiger partial charge on any atom is -0.462 e. The van der Waals surface area contributed by atoms with E-state index >= 15 is 0 Å². The Labute approximate surface area is 543 Å². The van der Waals surface area contributed by atoms with Gasteiger partial charge in [-0.2, -0.15) is 0 Å². The summed E-state index contributed by atoms with van der Waals surface area (Å²) in [7, 11) is -9.90. The van der Waals surface area contributed by atoms with Crippen molar-refractivity contribution in [2.24, 2.45) is 23.7 Å². The first kappa shape index (κ1) is 87.1. The Hall–Kier alpha value is -1.94. The molecule has 17 nitrogen and oxygen atoms in total. The van der Waals surface area contributed by atoms with Gasteiger partial charge >= 0.3 is 39.5 Å². The molecule has 0 aliphatic heterocycles. The van der Waals surface area contributed by atoms with Gasteiger partial charge in [0.05, 0.1) is 26.4 Å². The number of aliphatic hydroxyl groups excluding tert-OH is 1. The van der Waals surface area contributed by atoms with Gasteiger partial charge in [0.1, 0.15) is 19.3 Å². The van der Waals surface area contributed by atoms with Gasteiger partial charge in [-0.15, -0.1) is 0 Å². The highest BCUT2D eigenvalue weighted by Gasteiger charge is 2.30. The molecule has 0 fully saturated rings. The summed E-state index contributed by atoms with van der Waals surface area (Å²) in [6, 6.07) is 0. The maximum atomic E-state index is 13.0. The Morgan fingerprint density at radius 3 is 0.798 bits per heavy atom. The number of phosphoric acid groups is 2. The number of carbonyl (C=O) groups excluding carboxylic acids is 4. The molecule has 528 valence electrons. The molecular formula is C70H136O17P2. The fourth-order valence-electron chi connectivity index (χ4n) is 10.5. The average Bonchev–Trinajstić information content (AvgIpc) is 3.55. The second-order valence-electron chi connectivity index (χ2n) is 26.9. The second kappa shape index (κ2) is 59.8. The van der Waals surface area contributed by atoms with Gasteiger partial charge in [-0.3, -0.25) is 37.3 Å². The maximum Gasteiger partial charge on any atom is 0.472 e. The Morgan fingerprint density at radius 1 is 0.315 bits per heavy atom. The predicted octanol–water partition coefficient (Wildman–Crippen LogP) is 19.7. The van der Waals surface area contributed by atoms with Crippen molar-refractivity contribution in [3.63, 3.8) is 0 Å². The quantitative estimate of drug-likeness (QED) is 0.0222. The summed E-state index contributed by atoms with van der Waals surface area (Å²) in [5, 5.41) is 10.6. The van der Waals surface area contributed by atoms with Crippen molar-refractivity contribution in [2.45, 2.75) is 363 Å². The van der Waals surface area contributed by atoms with E-state index in [2.05, 4.69) is 55.4 Å². The lowest BCUT2D eigenvalue weighted by atomic mass is 10.00. The van der Waals surface area contributed by atoms with Crippen molar-refractivity contribution < 1.29 is 80.2 Å². The summed E-state index contributed by atoms with van der Waals surface area (Å²) >= 11 is 0. The third kappa shape index (κ3) is 63.2. The third-order valence-electron chi connectivity index (χ3n) is 16.4. The van der Waals surface area contributed by atoms with Crippen LogP contribution >= 0.6 is 15.6 Å². The first-order valence-corrected chi connectivity index (χ1v) is 39.2. The van der Waals surface area contributed by atoms with Crippen LogP contribution in [0.2, 0.25) is 0 Å². The molecule has 0 aromatic rings. The number of hydrogen-bond donors (Lipinski definition) is 3. The van der Waals surface area contributed by atoms with Crippen LogP contribution in [-0.4, -0.2) is 96.7 Å². The summed E-state index contributed by atoms with van der Waals surface area (Å²) in [4.78, 5) is 72.5. The normalized spacial score (nSPS) is 14.6. The predicted molar refractivity (Wildman–Crippen MR) is 358 cm³/mol. The summed E-state index contributed by atoms with van der Waals surface area (Å²) in [5.74, 6) is 0.849. The Morgan fingerprint density at radius 2 is 0.539 bits per heavy atom. The van der Waals surface area contributed by atoms with E-state index in [1.54, 1.807) is 0 Å². The van der Waals surface area contributed by atoms with E-state index in [1.165, 1.54) is 141 Å². The van der Waals surface area contributed by atoms with Crippen molar-refractivity contribution in [1.29, 1.82) is 0 Å². The number of esters is 4. The van der Waals surface area contributed by atoms with E-state index in [1.807, 2.05) is 0 Å².